The summed E-state index contributed by atoms with van der Waals surface area (Å²) >= 11 is 0. The molecule has 0 aliphatic rings. The standard InChI is InChI=1S/C13H28N2O/c1-6-14-7-8-15-12(9-10(2)3)13(16)11(4)5/h10-12,14-15H,6-9H2,1-5H3. The van der Waals surface area contributed by atoms with Crippen LogP contribution in [0.1, 0.15) is 41.0 Å². The van der Waals surface area contributed by atoms with Gasteiger partial charge in [0.05, 0.1) is 6.04 Å². The van der Waals surface area contributed by atoms with Crippen LogP contribution >= 0.6 is 0 Å². The Morgan fingerprint density at radius 1 is 1.12 bits per heavy atom. The van der Waals surface area contributed by atoms with E-state index >= 15 is 0 Å². The summed E-state index contributed by atoms with van der Waals surface area (Å²) in [6.45, 7) is 13.1. The van der Waals surface area contributed by atoms with E-state index in [1.54, 1.807) is 0 Å². The summed E-state index contributed by atoms with van der Waals surface area (Å²) in [6, 6.07) is 0.0265. The summed E-state index contributed by atoms with van der Waals surface area (Å²) < 4.78 is 0. The molecule has 0 amide bonds. The molecular weight excluding hydrogens is 200 g/mol. The number of rotatable bonds is 9. The third-order valence-corrected chi connectivity index (χ3v) is 2.56. The molecular formula is C13H28N2O. The molecule has 1 unspecified atom stereocenters. The van der Waals surface area contributed by atoms with Crippen LogP contribution in [0.25, 0.3) is 0 Å². The van der Waals surface area contributed by atoms with Crippen LogP contribution in [-0.4, -0.2) is 31.5 Å². The second-order valence-corrected chi connectivity index (χ2v) is 5.05. The van der Waals surface area contributed by atoms with Crippen molar-refractivity contribution in [2.75, 3.05) is 19.6 Å². The topological polar surface area (TPSA) is 41.1 Å². The maximum atomic E-state index is 12.0. The summed E-state index contributed by atoms with van der Waals surface area (Å²) in [4.78, 5) is 12.0. The Hall–Kier alpha value is -0.410. The van der Waals surface area contributed by atoms with Crippen molar-refractivity contribution in [3.8, 4) is 0 Å². The number of hydrogen-bond acceptors (Lipinski definition) is 3. The SMILES string of the molecule is CCNCCNC(CC(C)C)C(=O)C(C)C. The molecule has 0 aromatic carbocycles. The lowest BCUT2D eigenvalue weighted by Gasteiger charge is -2.21. The van der Waals surface area contributed by atoms with E-state index in [0.717, 1.165) is 26.1 Å². The fraction of sp³-hybridized carbons (Fsp3) is 0.923. The maximum Gasteiger partial charge on any atom is 0.152 e. The summed E-state index contributed by atoms with van der Waals surface area (Å²) in [5.41, 5.74) is 0. The molecule has 0 radical (unpaired) electrons. The predicted molar refractivity (Wildman–Crippen MR) is 69.6 cm³/mol. The first-order valence-corrected chi connectivity index (χ1v) is 6.46. The highest BCUT2D eigenvalue weighted by Gasteiger charge is 2.21. The third-order valence-electron chi connectivity index (χ3n) is 2.56. The highest BCUT2D eigenvalue weighted by molar-refractivity contribution is 5.85. The molecule has 0 aliphatic carbocycles. The van der Waals surface area contributed by atoms with Crippen LogP contribution in [0, 0.1) is 11.8 Å². The van der Waals surface area contributed by atoms with Crippen LogP contribution in [0.5, 0.6) is 0 Å². The zero-order chi connectivity index (χ0) is 12.6. The fourth-order valence-electron chi connectivity index (χ4n) is 1.69. The summed E-state index contributed by atoms with van der Waals surface area (Å²) in [6.07, 6.45) is 0.934. The van der Waals surface area contributed by atoms with Gasteiger partial charge in [-0.3, -0.25) is 4.79 Å². The van der Waals surface area contributed by atoms with Gasteiger partial charge in [0.1, 0.15) is 0 Å². The number of carbonyl (C=O) groups excluding carboxylic acids is 1. The molecule has 0 saturated carbocycles. The zero-order valence-electron chi connectivity index (χ0n) is 11.5. The van der Waals surface area contributed by atoms with Crippen LogP contribution in [-0.2, 0) is 4.79 Å². The Morgan fingerprint density at radius 3 is 2.19 bits per heavy atom. The van der Waals surface area contributed by atoms with Gasteiger partial charge >= 0.3 is 0 Å². The van der Waals surface area contributed by atoms with Crippen molar-refractivity contribution in [1.29, 1.82) is 0 Å². The molecule has 2 N–H and O–H groups in total. The van der Waals surface area contributed by atoms with Crippen molar-refractivity contribution in [1.82, 2.24) is 10.6 Å². The largest absolute Gasteiger partial charge is 0.316 e. The molecule has 16 heavy (non-hydrogen) atoms. The van der Waals surface area contributed by atoms with E-state index in [1.165, 1.54) is 0 Å². The quantitative estimate of drug-likeness (QED) is 0.592. The Kier molecular flexibility index (Phi) is 8.49. The highest BCUT2D eigenvalue weighted by Crippen LogP contribution is 2.09. The molecule has 0 fully saturated rings. The molecule has 0 saturated heterocycles. The lowest BCUT2D eigenvalue weighted by atomic mass is 9.94. The first-order chi connectivity index (χ1) is 7.49. The molecule has 0 spiro atoms. The van der Waals surface area contributed by atoms with Crippen LogP contribution in [0.3, 0.4) is 0 Å². The molecule has 96 valence electrons. The van der Waals surface area contributed by atoms with Crippen LogP contribution in [0.15, 0.2) is 0 Å². The molecule has 3 heteroatoms. The van der Waals surface area contributed by atoms with Gasteiger partial charge in [-0.1, -0.05) is 34.6 Å². The van der Waals surface area contributed by atoms with Crippen LogP contribution in [0.2, 0.25) is 0 Å². The van der Waals surface area contributed by atoms with Crippen LogP contribution < -0.4 is 10.6 Å². The van der Waals surface area contributed by atoms with Crippen LogP contribution in [0.4, 0.5) is 0 Å². The van der Waals surface area contributed by atoms with Crippen molar-refractivity contribution in [2.45, 2.75) is 47.1 Å². The Morgan fingerprint density at radius 2 is 1.75 bits per heavy atom. The van der Waals surface area contributed by atoms with Gasteiger partial charge in [0.15, 0.2) is 5.78 Å². The van der Waals surface area contributed by atoms with Crippen molar-refractivity contribution in [2.24, 2.45) is 11.8 Å². The smallest absolute Gasteiger partial charge is 0.152 e. The number of carbonyl (C=O) groups is 1. The normalized spacial score (nSPS) is 13.4. The second kappa shape index (κ2) is 8.71. The van der Waals surface area contributed by atoms with Gasteiger partial charge in [-0.05, 0) is 18.9 Å². The first kappa shape index (κ1) is 15.6. The molecule has 0 rings (SSSR count). The molecule has 0 aliphatic heterocycles. The molecule has 3 nitrogen and oxygen atoms in total. The van der Waals surface area contributed by atoms with Gasteiger partial charge < -0.3 is 10.6 Å². The second-order valence-electron chi connectivity index (χ2n) is 5.05. The minimum Gasteiger partial charge on any atom is -0.316 e. The average Bonchev–Trinajstić information content (AvgIpc) is 2.20. The number of nitrogens with one attached hydrogen (secondary N) is 2. The lowest BCUT2D eigenvalue weighted by molar-refractivity contribution is -0.124. The predicted octanol–water partition coefficient (Wildman–Crippen LogP) is 1.83. The summed E-state index contributed by atoms with van der Waals surface area (Å²) in [5.74, 6) is 1.01. The van der Waals surface area contributed by atoms with E-state index in [9.17, 15) is 4.79 Å². The fourth-order valence-corrected chi connectivity index (χ4v) is 1.69. The third kappa shape index (κ3) is 6.96. The number of Topliss-reactive ketones (excluding diaryl/α,β-unsaturated/α-hetero) is 1. The van der Waals surface area contributed by atoms with Crippen molar-refractivity contribution >= 4 is 5.78 Å². The Labute approximate surface area is 100 Å². The average molecular weight is 228 g/mol. The van der Waals surface area contributed by atoms with E-state index < -0.39 is 0 Å². The van der Waals surface area contributed by atoms with Gasteiger partial charge in [0, 0.05) is 19.0 Å². The van der Waals surface area contributed by atoms with Gasteiger partial charge in [-0.15, -0.1) is 0 Å². The lowest BCUT2D eigenvalue weighted by Crippen LogP contribution is -2.43. The molecule has 1 atom stereocenters. The van der Waals surface area contributed by atoms with E-state index in [4.69, 9.17) is 0 Å². The van der Waals surface area contributed by atoms with Gasteiger partial charge in [0.2, 0.25) is 0 Å². The zero-order valence-corrected chi connectivity index (χ0v) is 11.5. The molecule has 0 bridgehead atoms. The van der Waals surface area contributed by atoms with E-state index in [2.05, 4.69) is 31.4 Å². The van der Waals surface area contributed by atoms with Gasteiger partial charge in [-0.25, -0.2) is 0 Å². The molecule has 0 aromatic rings. The number of likely N-dealkylation sites (N-methyl/N-ethyl adjacent to an activating group) is 1. The molecule has 0 heterocycles. The van der Waals surface area contributed by atoms with E-state index in [0.29, 0.717) is 11.7 Å². The number of hydrogen-bond donors (Lipinski definition) is 2. The molecule has 0 aromatic heterocycles. The first-order valence-electron chi connectivity index (χ1n) is 6.46. The Bertz CT molecular complexity index is 190. The van der Waals surface area contributed by atoms with Gasteiger partial charge in [-0.2, -0.15) is 0 Å². The highest BCUT2D eigenvalue weighted by atomic mass is 16.1. The van der Waals surface area contributed by atoms with Gasteiger partial charge in [0.25, 0.3) is 0 Å². The minimum atomic E-state index is 0.0265. The Balaban J connectivity index is 4.05. The minimum absolute atomic E-state index is 0.0265. The van der Waals surface area contributed by atoms with E-state index in [-0.39, 0.29) is 12.0 Å². The van der Waals surface area contributed by atoms with E-state index in [1.807, 2.05) is 13.8 Å². The maximum absolute atomic E-state index is 12.0. The number of ketones is 1. The summed E-state index contributed by atoms with van der Waals surface area (Å²) in [7, 11) is 0. The van der Waals surface area contributed by atoms with Crippen molar-refractivity contribution in [3.63, 3.8) is 0 Å². The van der Waals surface area contributed by atoms with Crippen molar-refractivity contribution in [3.05, 3.63) is 0 Å². The monoisotopic (exact) mass is 228 g/mol. The van der Waals surface area contributed by atoms with Crippen molar-refractivity contribution < 1.29 is 4.79 Å². The summed E-state index contributed by atoms with van der Waals surface area (Å²) in [5, 5.41) is 6.61.